The molecule has 0 aliphatic carbocycles. The highest BCUT2D eigenvalue weighted by molar-refractivity contribution is 5.29. The summed E-state index contributed by atoms with van der Waals surface area (Å²) >= 11 is 0. The van der Waals surface area contributed by atoms with E-state index in [2.05, 4.69) is 0 Å². The zero-order valence-corrected chi connectivity index (χ0v) is 11.6. The van der Waals surface area contributed by atoms with Crippen molar-refractivity contribution < 1.29 is 14.2 Å². The summed E-state index contributed by atoms with van der Waals surface area (Å²) < 4.78 is 15.9. The van der Waals surface area contributed by atoms with Crippen LogP contribution in [0.5, 0.6) is 5.75 Å². The van der Waals surface area contributed by atoms with Crippen molar-refractivity contribution in [3.05, 3.63) is 29.8 Å². The predicted octanol–water partition coefficient (Wildman–Crippen LogP) is 2.14. The lowest BCUT2D eigenvalue weighted by molar-refractivity contribution is -0.0407. The van der Waals surface area contributed by atoms with Gasteiger partial charge < -0.3 is 19.9 Å². The second-order valence-corrected chi connectivity index (χ2v) is 4.41. The fourth-order valence-corrected chi connectivity index (χ4v) is 1.82. The van der Waals surface area contributed by atoms with E-state index in [-0.39, 0.29) is 18.2 Å². The van der Waals surface area contributed by atoms with Gasteiger partial charge >= 0.3 is 0 Å². The van der Waals surface area contributed by atoms with E-state index in [9.17, 15) is 0 Å². The molecule has 0 fully saturated rings. The monoisotopic (exact) mass is 253 g/mol. The number of methoxy groups -OCH3 is 2. The quantitative estimate of drug-likeness (QED) is 0.809. The van der Waals surface area contributed by atoms with Crippen molar-refractivity contribution in [3.63, 3.8) is 0 Å². The molecule has 0 aromatic heterocycles. The van der Waals surface area contributed by atoms with Crippen LogP contribution in [0.4, 0.5) is 0 Å². The van der Waals surface area contributed by atoms with Gasteiger partial charge in [0.15, 0.2) is 0 Å². The van der Waals surface area contributed by atoms with Gasteiger partial charge in [-0.2, -0.15) is 0 Å². The molecule has 1 aromatic carbocycles. The zero-order chi connectivity index (χ0) is 13.5. The van der Waals surface area contributed by atoms with Crippen LogP contribution >= 0.6 is 0 Å². The molecule has 0 saturated heterocycles. The van der Waals surface area contributed by atoms with Crippen LogP contribution < -0.4 is 10.5 Å². The van der Waals surface area contributed by atoms with Crippen LogP contribution in [0.1, 0.15) is 25.5 Å². The third-order valence-corrected chi connectivity index (χ3v) is 2.85. The molecule has 4 nitrogen and oxygen atoms in total. The molecule has 0 bridgehead atoms. The highest BCUT2D eigenvalue weighted by Gasteiger charge is 2.18. The molecule has 18 heavy (non-hydrogen) atoms. The first-order chi connectivity index (χ1) is 8.58. The Morgan fingerprint density at radius 1 is 1.11 bits per heavy atom. The molecule has 0 aliphatic heterocycles. The third kappa shape index (κ3) is 4.29. The predicted molar refractivity (Wildman–Crippen MR) is 71.8 cm³/mol. The summed E-state index contributed by atoms with van der Waals surface area (Å²) in [5.41, 5.74) is 7.20. The standard InChI is InChI=1S/C14H23NO3/c1-10(9-16-3)18-11(2)14(15)12-5-7-13(17-4)8-6-12/h5-8,10-11,14H,9,15H2,1-4H3. The van der Waals surface area contributed by atoms with Gasteiger partial charge in [0.2, 0.25) is 0 Å². The molecule has 2 N–H and O–H groups in total. The number of hydrogen-bond acceptors (Lipinski definition) is 4. The Labute approximate surface area is 109 Å². The van der Waals surface area contributed by atoms with Crippen molar-refractivity contribution >= 4 is 0 Å². The minimum absolute atomic E-state index is 0.0364. The normalized spacial score (nSPS) is 16.1. The molecule has 3 atom stereocenters. The van der Waals surface area contributed by atoms with Gasteiger partial charge in [-0.1, -0.05) is 12.1 Å². The Bertz CT molecular complexity index is 339. The molecule has 0 heterocycles. The summed E-state index contributed by atoms with van der Waals surface area (Å²) in [4.78, 5) is 0. The first kappa shape index (κ1) is 15.0. The van der Waals surface area contributed by atoms with Gasteiger partial charge in [-0.15, -0.1) is 0 Å². The lowest BCUT2D eigenvalue weighted by Gasteiger charge is -2.24. The van der Waals surface area contributed by atoms with Gasteiger partial charge in [0, 0.05) is 7.11 Å². The Morgan fingerprint density at radius 3 is 2.22 bits per heavy atom. The first-order valence-electron chi connectivity index (χ1n) is 6.12. The van der Waals surface area contributed by atoms with Crippen molar-refractivity contribution in [2.75, 3.05) is 20.8 Å². The van der Waals surface area contributed by atoms with E-state index in [1.165, 1.54) is 0 Å². The Hall–Kier alpha value is -1.10. The van der Waals surface area contributed by atoms with Crippen LogP contribution in [0.2, 0.25) is 0 Å². The van der Waals surface area contributed by atoms with Crippen molar-refractivity contribution in [1.29, 1.82) is 0 Å². The van der Waals surface area contributed by atoms with Gasteiger partial charge in [-0.05, 0) is 31.5 Å². The minimum atomic E-state index is -0.157. The average Bonchev–Trinajstić information content (AvgIpc) is 2.38. The lowest BCUT2D eigenvalue weighted by Crippen LogP contribution is -2.31. The van der Waals surface area contributed by atoms with Gasteiger partial charge in [-0.25, -0.2) is 0 Å². The molecule has 0 spiro atoms. The maximum atomic E-state index is 6.17. The molecule has 1 rings (SSSR count). The molecular formula is C14H23NO3. The van der Waals surface area contributed by atoms with Crippen LogP contribution in [0.15, 0.2) is 24.3 Å². The van der Waals surface area contributed by atoms with Crippen molar-refractivity contribution in [1.82, 2.24) is 0 Å². The Balaban J connectivity index is 2.58. The summed E-state index contributed by atoms with van der Waals surface area (Å²) in [6, 6.07) is 7.57. The van der Waals surface area contributed by atoms with Crippen LogP contribution in [0.25, 0.3) is 0 Å². The van der Waals surface area contributed by atoms with Crippen molar-refractivity contribution in [2.24, 2.45) is 5.73 Å². The second kappa shape index (κ2) is 7.36. The topological polar surface area (TPSA) is 53.7 Å². The maximum Gasteiger partial charge on any atom is 0.118 e. The van der Waals surface area contributed by atoms with Gasteiger partial charge in [0.05, 0.1) is 32.0 Å². The largest absolute Gasteiger partial charge is 0.497 e. The van der Waals surface area contributed by atoms with E-state index in [0.717, 1.165) is 11.3 Å². The minimum Gasteiger partial charge on any atom is -0.497 e. The van der Waals surface area contributed by atoms with Crippen LogP contribution in [0.3, 0.4) is 0 Å². The number of rotatable bonds is 7. The van der Waals surface area contributed by atoms with Crippen LogP contribution in [-0.2, 0) is 9.47 Å². The van der Waals surface area contributed by atoms with Crippen LogP contribution in [0, 0.1) is 0 Å². The fourth-order valence-electron chi connectivity index (χ4n) is 1.82. The van der Waals surface area contributed by atoms with E-state index in [1.807, 2.05) is 38.1 Å². The molecule has 4 heteroatoms. The summed E-state index contributed by atoms with van der Waals surface area (Å²) in [5.74, 6) is 0.826. The molecule has 0 saturated carbocycles. The van der Waals surface area contributed by atoms with E-state index >= 15 is 0 Å². The Morgan fingerprint density at radius 2 is 1.72 bits per heavy atom. The van der Waals surface area contributed by atoms with E-state index in [0.29, 0.717) is 6.61 Å². The van der Waals surface area contributed by atoms with Gasteiger partial charge in [0.1, 0.15) is 5.75 Å². The zero-order valence-electron chi connectivity index (χ0n) is 11.6. The molecule has 102 valence electrons. The summed E-state index contributed by atoms with van der Waals surface area (Å²) in [5, 5.41) is 0. The van der Waals surface area contributed by atoms with E-state index in [1.54, 1.807) is 14.2 Å². The summed E-state index contributed by atoms with van der Waals surface area (Å²) in [6.45, 7) is 4.52. The van der Waals surface area contributed by atoms with Crippen molar-refractivity contribution in [2.45, 2.75) is 32.1 Å². The fraction of sp³-hybridized carbons (Fsp3) is 0.571. The molecule has 0 radical (unpaired) electrons. The molecule has 0 aliphatic rings. The SMILES string of the molecule is COCC(C)OC(C)C(N)c1ccc(OC)cc1. The number of benzene rings is 1. The number of hydrogen-bond donors (Lipinski definition) is 1. The molecule has 0 amide bonds. The van der Waals surface area contributed by atoms with E-state index in [4.69, 9.17) is 19.9 Å². The number of ether oxygens (including phenoxy) is 3. The number of nitrogens with two attached hydrogens (primary N) is 1. The molecule has 1 aromatic rings. The maximum absolute atomic E-state index is 6.17. The molecule has 3 unspecified atom stereocenters. The first-order valence-corrected chi connectivity index (χ1v) is 6.12. The van der Waals surface area contributed by atoms with E-state index < -0.39 is 0 Å². The van der Waals surface area contributed by atoms with Gasteiger partial charge in [0.25, 0.3) is 0 Å². The Kier molecular flexibility index (Phi) is 6.12. The van der Waals surface area contributed by atoms with Crippen LogP contribution in [-0.4, -0.2) is 33.0 Å². The smallest absolute Gasteiger partial charge is 0.118 e. The summed E-state index contributed by atoms with van der Waals surface area (Å²) in [6.07, 6.45) is -0.0298. The highest BCUT2D eigenvalue weighted by Crippen LogP contribution is 2.20. The van der Waals surface area contributed by atoms with Crippen molar-refractivity contribution in [3.8, 4) is 5.75 Å². The van der Waals surface area contributed by atoms with Gasteiger partial charge in [-0.3, -0.25) is 0 Å². The summed E-state index contributed by atoms with van der Waals surface area (Å²) in [7, 11) is 3.31. The highest BCUT2D eigenvalue weighted by atomic mass is 16.5. The second-order valence-electron chi connectivity index (χ2n) is 4.41. The molecular weight excluding hydrogens is 230 g/mol. The lowest BCUT2D eigenvalue weighted by atomic mass is 10.0. The average molecular weight is 253 g/mol. The third-order valence-electron chi connectivity index (χ3n) is 2.85.